The minimum atomic E-state index is -0.180. The van der Waals surface area contributed by atoms with E-state index in [1.165, 1.54) is 11.1 Å². The maximum absolute atomic E-state index is 12.4. The van der Waals surface area contributed by atoms with Crippen LogP contribution in [0, 0.1) is 5.92 Å². The molecule has 0 aromatic heterocycles. The smallest absolute Gasteiger partial charge is 0.251 e. The van der Waals surface area contributed by atoms with Crippen LogP contribution in [0.25, 0.3) is 0 Å². The van der Waals surface area contributed by atoms with Gasteiger partial charge in [-0.05, 0) is 41.7 Å². The summed E-state index contributed by atoms with van der Waals surface area (Å²) >= 11 is 0. The van der Waals surface area contributed by atoms with Crippen LogP contribution >= 0.6 is 0 Å². The van der Waals surface area contributed by atoms with Gasteiger partial charge in [-0.2, -0.15) is 0 Å². The Morgan fingerprint density at radius 1 is 1.04 bits per heavy atom. The van der Waals surface area contributed by atoms with Crippen LogP contribution in [0.5, 0.6) is 0 Å². The molecule has 2 aromatic carbocycles. The predicted molar refractivity (Wildman–Crippen MR) is 114 cm³/mol. The van der Waals surface area contributed by atoms with Gasteiger partial charge in [0.15, 0.2) is 0 Å². The zero-order chi connectivity index (χ0) is 20.5. The molecule has 0 spiro atoms. The summed E-state index contributed by atoms with van der Waals surface area (Å²) in [5.41, 5.74) is 3.64. The number of rotatable bonds is 9. The summed E-state index contributed by atoms with van der Waals surface area (Å²) in [5.74, 6) is 0.0318. The van der Waals surface area contributed by atoms with Crippen LogP contribution in [-0.4, -0.2) is 25.4 Å². The molecule has 28 heavy (non-hydrogen) atoms. The molecule has 2 aromatic rings. The number of hydrogen-bond donors (Lipinski definition) is 3. The van der Waals surface area contributed by atoms with Crippen LogP contribution in [0.4, 0.5) is 5.69 Å². The van der Waals surface area contributed by atoms with Gasteiger partial charge in [-0.25, -0.2) is 0 Å². The van der Waals surface area contributed by atoms with Gasteiger partial charge in [0, 0.05) is 24.3 Å². The number of benzene rings is 2. The summed E-state index contributed by atoms with van der Waals surface area (Å²) in [5, 5.41) is 8.80. The number of carbonyl (C=O) groups excluding carboxylic acids is 2. The second-order valence-corrected chi connectivity index (χ2v) is 7.30. The van der Waals surface area contributed by atoms with Gasteiger partial charge in [-0.15, -0.1) is 0 Å². The van der Waals surface area contributed by atoms with Crippen LogP contribution in [0.3, 0.4) is 0 Å². The van der Waals surface area contributed by atoms with E-state index in [4.69, 9.17) is 0 Å². The first kappa shape index (κ1) is 21.6. The van der Waals surface area contributed by atoms with Crippen molar-refractivity contribution < 1.29 is 9.59 Å². The largest absolute Gasteiger partial charge is 0.355 e. The Bertz CT molecular complexity index is 785. The number of amides is 2. The van der Waals surface area contributed by atoms with E-state index in [9.17, 15) is 9.59 Å². The second-order valence-electron chi connectivity index (χ2n) is 7.30. The van der Waals surface area contributed by atoms with Crippen LogP contribution in [0.1, 0.15) is 54.7 Å². The van der Waals surface area contributed by atoms with Crippen LogP contribution in [-0.2, 0) is 11.2 Å². The average Bonchev–Trinajstić information content (AvgIpc) is 2.69. The van der Waals surface area contributed by atoms with E-state index in [1.54, 1.807) is 31.3 Å². The maximum atomic E-state index is 12.4. The first-order valence-electron chi connectivity index (χ1n) is 9.88. The minimum absolute atomic E-state index is 0.0960. The number of aryl methyl sites for hydroxylation is 1. The molecule has 0 unspecified atom stereocenters. The van der Waals surface area contributed by atoms with Crippen LogP contribution in [0.2, 0.25) is 0 Å². The fourth-order valence-electron chi connectivity index (χ4n) is 3.21. The van der Waals surface area contributed by atoms with Crippen molar-refractivity contribution >= 4 is 17.5 Å². The van der Waals surface area contributed by atoms with Crippen molar-refractivity contribution in [1.29, 1.82) is 0 Å². The van der Waals surface area contributed by atoms with E-state index in [1.807, 2.05) is 0 Å². The molecule has 1 atom stereocenters. The summed E-state index contributed by atoms with van der Waals surface area (Å²) in [6.07, 6.45) is 2.21. The molecule has 2 amide bonds. The van der Waals surface area contributed by atoms with Gasteiger partial charge in [0.25, 0.3) is 5.91 Å². The highest BCUT2D eigenvalue weighted by molar-refractivity contribution is 5.97. The Morgan fingerprint density at radius 2 is 1.75 bits per heavy atom. The van der Waals surface area contributed by atoms with Gasteiger partial charge in [0.2, 0.25) is 5.91 Å². The van der Waals surface area contributed by atoms with E-state index < -0.39 is 0 Å². The number of carbonyl (C=O) groups is 2. The molecule has 0 saturated heterocycles. The lowest BCUT2D eigenvalue weighted by Crippen LogP contribution is -2.33. The molecule has 3 N–H and O–H groups in total. The average molecular weight is 382 g/mol. The molecule has 150 valence electrons. The molecular weight excluding hydrogens is 350 g/mol. The number of nitrogens with one attached hydrogen (secondary N) is 3. The molecule has 2 rings (SSSR count). The Morgan fingerprint density at radius 3 is 2.36 bits per heavy atom. The quantitative estimate of drug-likeness (QED) is 0.616. The van der Waals surface area contributed by atoms with Gasteiger partial charge in [-0.1, -0.05) is 57.5 Å². The third-order valence-corrected chi connectivity index (χ3v) is 4.66. The van der Waals surface area contributed by atoms with Crippen molar-refractivity contribution in [3.8, 4) is 0 Å². The van der Waals surface area contributed by atoms with Gasteiger partial charge in [0.05, 0.1) is 6.54 Å². The van der Waals surface area contributed by atoms with Gasteiger partial charge in [-0.3, -0.25) is 9.59 Å². The minimum Gasteiger partial charge on any atom is -0.355 e. The third-order valence-electron chi connectivity index (χ3n) is 4.66. The highest BCUT2D eigenvalue weighted by Gasteiger charge is 2.17. The van der Waals surface area contributed by atoms with Crippen molar-refractivity contribution in [3.05, 3.63) is 65.2 Å². The molecule has 0 fully saturated rings. The van der Waals surface area contributed by atoms with E-state index in [2.05, 4.69) is 61.0 Å². The Hall–Kier alpha value is -2.66. The topological polar surface area (TPSA) is 70.2 Å². The molecule has 0 saturated carbocycles. The molecule has 0 aliphatic rings. The van der Waals surface area contributed by atoms with Gasteiger partial charge in [0.1, 0.15) is 0 Å². The molecule has 0 radical (unpaired) electrons. The molecule has 5 heteroatoms. The summed E-state index contributed by atoms with van der Waals surface area (Å²) in [6, 6.07) is 15.6. The summed E-state index contributed by atoms with van der Waals surface area (Å²) in [7, 11) is 1.58. The standard InChI is InChI=1S/C23H31N3O2/c1-5-7-17-10-12-18(13-11-17)22(16(2)3)25-15-21(27)26-20-9-6-8-19(14-20)23(28)24-4/h6,8-14,16,22,25H,5,7,15H2,1-4H3,(H,24,28)(H,26,27)/t22-/m1/s1. The van der Waals surface area contributed by atoms with Crippen molar-refractivity contribution in [2.24, 2.45) is 5.92 Å². The van der Waals surface area contributed by atoms with E-state index in [0.717, 1.165) is 12.8 Å². The molecular formula is C23H31N3O2. The van der Waals surface area contributed by atoms with E-state index >= 15 is 0 Å². The Kier molecular flexibility index (Phi) is 8.20. The van der Waals surface area contributed by atoms with Crippen molar-refractivity contribution in [2.75, 3.05) is 18.9 Å². The lowest BCUT2D eigenvalue weighted by molar-refractivity contribution is -0.115. The van der Waals surface area contributed by atoms with Gasteiger partial charge < -0.3 is 16.0 Å². The SMILES string of the molecule is CCCc1ccc([C@H](NCC(=O)Nc2cccc(C(=O)NC)c2)C(C)C)cc1. The summed E-state index contributed by atoms with van der Waals surface area (Å²) < 4.78 is 0. The molecule has 0 heterocycles. The van der Waals surface area contributed by atoms with Gasteiger partial charge >= 0.3 is 0 Å². The Balaban J connectivity index is 1.98. The first-order chi connectivity index (χ1) is 13.4. The molecule has 5 nitrogen and oxygen atoms in total. The zero-order valence-corrected chi connectivity index (χ0v) is 17.2. The van der Waals surface area contributed by atoms with Crippen LogP contribution < -0.4 is 16.0 Å². The normalized spacial score (nSPS) is 11.9. The second kappa shape index (κ2) is 10.6. The molecule has 0 aliphatic carbocycles. The summed E-state index contributed by atoms with van der Waals surface area (Å²) in [6.45, 7) is 6.66. The monoisotopic (exact) mass is 381 g/mol. The number of hydrogen-bond acceptors (Lipinski definition) is 3. The van der Waals surface area contributed by atoms with E-state index in [-0.39, 0.29) is 24.4 Å². The third kappa shape index (κ3) is 6.20. The first-order valence-corrected chi connectivity index (χ1v) is 9.88. The Labute approximate surface area is 167 Å². The maximum Gasteiger partial charge on any atom is 0.251 e. The number of anilines is 1. The zero-order valence-electron chi connectivity index (χ0n) is 17.2. The lowest BCUT2D eigenvalue weighted by atomic mass is 9.94. The predicted octanol–water partition coefficient (Wildman–Crippen LogP) is 3.92. The van der Waals surface area contributed by atoms with Crippen molar-refractivity contribution in [2.45, 2.75) is 39.7 Å². The molecule has 0 aliphatic heterocycles. The van der Waals surface area contributed by atoms with E-state index in [0.29, 0.717) is 17.2 Å². The highest BCUT2D eigenvalue weighted by atomic mass is 16.2. The summed E-state index contributed by atoms with van der Waals surface area (Å²) in [4.78, 5) is 24.1. The van der Waals surface area contributed by atoms with Crippen molar-refractivity contribution in [1.82, 2.24) is 10.6 Å². The van der Waals surface area contributed by atoms with Crippen LogP contribution in [0.15, 0.2) is 48.5 Å². The molecule has 0 bridgehead atoms. The fourth-order valence-corrected chi connectivity index (χ4v) is 3.21. The lowest BCUT2D eigenvalue weighted by Gasteiger charge is -2.23. The highest BCUT2D eigenvalue weighted by Crippen LogP contribution is 2.22. The van der Waals surface area contributed by atoms with Crippen molar-refractivity contribution in [3.63, 3.8) is 0 Å². The fraction of sp³-hybridized carbons (Fsp3) is 0.391.